The third-order valence-corrected chi connectivity index (χ3v) is 4.13. The molecule has 2 heteroatoms. The minimum absolute atomic E-state index is 0.266. The van der Waals surface area contributed by atoms with Gasteiger partial charge >= 0.3 is 0 Å². The Balaban J connectivity index is 1.66. The van der Waals surface area contributed by atoms with Gasteiger partial charge < -0.3 is 0 Å². The summed E-state index contributed by atoms with van der Waals surface area (Å²) in [6.07, 6.45) is 3.76. The van der Waals surface area contributed by atoms with Crippen LogP contribution in [0.15, 0.2) is 59.5 Å². The standard InChI is InChI=1S/C18H20OS/c1-15-11-13-17(14-12-15)20-18(19)10-6-5-9-16-7-3-2-4-8-16/h2-4,7-8,11-14H,5-6,9-10H2,1H3. The van der Waals surface area contributed by atoms with Crippen LogP contribution in [0.25, 0.3) is 0 Å². The van der Waals surface area contributed by atoms with Gasteiger partial charge in [0.15, 0.2) is 5.12 Å². The van der Waals surface area contributed by atoms with Crippen molar-refractivity contribution in [2.45, 2.75) is 37.5 Å². The molecule has 0 heterocycles. The maximum absolute atomic E-state index is 11.9. The van der Waals surface area contributed by atoms with E-state index < -0.39 is 0 Å². The van der Waals surface area contributed by atoms with Crippen molar-refractivity contribution in [2.75, 3.05) is 0 Å². The van der Waals surface area contributed by atoms with E-state index in [-0.39, 0.29) is 5.12 Å². The van der Waals surface area contributed by atoms with Gasteiger partial charge in [-0.25, -0.2) is 0 Å². The van der Waals surface area contributed by atoms with Crippen LogP contribution < -0.4 is 0 Å². The number of aryl methyl sites for hydroxylation is 2. The Bertz CT molecular complexity index is 531. The van der Waals surface area contributed by atoms with Crippen LogP contribution >= 0.6 is 11.8 Å². The van der Waals surface area contributed by atoms with E-state index in [9.17, 15) is 4.79 Å². The molecule has 2 rings (SSSR count). The zero-order valence-corrected chi connectivity index (χ0v) is 12.7. The summed E-state index contributed by atoms with van der Waals surface area (Å²) in [6.45, 7) is 2.06. The van der Waals surface area contributed by atoms with E-state index in [0.717, 1.165) is 24.2 Å². The van der Waals surface area contributed by atoms with Crippen molar-refractivity contribution in [1.29, 1.82) is 0 Å². The van der Waals surface area contributed by atoms with E-state index >= 15 is 0 Å². The first-order valence-corrected chi connectivity index (χ1v) is 7.87. The van der Waals surface area contributed by atoms with Crippen molar-refractivity contribution < 1.29 is 4.79 Å². The maximum Gasteiger partial charge on any atom is 0.193 e. The fourth-order valence-electron chi connectivity index (χ4n) is 2.03. The largest absolute Gasteiger partial charge is 0.287 e. The Kier molecular flexibility index (Phi) is 5.87. The quantitative estimate of drug-likeness (QED) is 0.547. The molecule has 2 aromatic carbocycles. The minimum Gasteiger partial charge on any atom is -0.287 e. The van der Waals surface area contributed by atoms with Gasteiger partial charge in [-0.15, -0.1) is 0 Å². The average molecular weight is 284 g/mol. The van der Waals surface area contributed by atoms with Gasteiger partial charge in [0, 0.05) is 11.3 Å². The first-order valence-electron chi connectivity index (χ1n) is 7.05. The molecule has 0 saturated carbocycles. The number of carbonyl (C=O) groups excluding carboxylic acids is 1. The van der Waals surface area contributed by atoms with Gasteiger partial charge in [-0.3, -0.25) is 4.79 Å². The van der Waals surface area contributed by atoms with Crippen LogP contribution in [0, 0.1) is 6.92 Å². The first kappa shape index (κ1) is 14.9. The second-order valence-corrected chi connectivity index (χ2v) is 6.11. The van der Waals surface area contributed by atoms with Crippen molar-refractivity contribution in [3.05, 3.63) is 65.7 Å². The Labute approximate surface area is 125 Å². The molecule has 0 aliphatic carbocycles. The molecule has 0 saturated heterocycles. The normalized spacial score (nSPS) is 10.4. The molecule has 0 unspecified atom stereocenters. The van der Waals surface area contributed by atoms with Crippen LogP contribution in [0.3, 0.4) is 0 Å². The molecule has 20 heavy (non-hydrogen) atoms. The highest BCUT2D eigenvalue weighted by Crippen LogP contribution is 2.21. The number of rotatable bonds is 6. The summed E-state index contributed by atoms with van der Waals surface area (Å²) in [6, 6.07) is 18.6. The Morgan fingerprint density at radius 2 is 1.65 bits per heavy atom. The molecule has 0 radical (unpaired) electrons. The summed E-state index contributed by atoms with van der Waals surface area (Å²) in [5.74, 6) is 0. The number of benzene rings is 2. The zero-order valence-electron chi connectivity index (χ0n) is 11.8. The van der Waals surface area contributed by atoms with Gasteiger partial charge in [0.25, 0.3) is 0 Å². The maximum atomic E-state index is 11.9. The Hall–Kier alpha value is -1.54. The monoisotopic (exact) mass is 284 g/mol. The SMILES string of the molecule is Cc1ccc(SC(=O)CCCCc2ccccc2)cc1. The summed E-state index contributed by atoms with van der Waals surface area (Å²) in [5.41, 5.74) is 2.58. The van der Waals surface area contributed by atoms with Crippen LogP contribution in [0.5, 0.6) is 0 Å². The molecule has 0 atom stereocenters. The molecule has 0 aliphatic rings. The summed E-state index contributed by atoms with van der Waals surface area (Å²) in [7, 11) is 0. The number of hydrogen-bond donors (Lipinski definition) is 0. The van der Waals surface area contributed by atoms with Gasteiger partial charge in [-0.2, -0.15) is 0 Å². The van der Waals surface area contributed by atoms with Gasteiger partial charge in [0.05, 0.1) is 0 Å². The second kappa shape index (κ2) is 7.91. The van der Waals surface area contributed by atoms with Crippen LogP contribution in [0.4, 0.5) is 0 Å². The number of carbonyl (C=O) groups is 1. The molecule has 2 aromatic rings. The number of unbranched alkanes of at least 4 members (excludes halogenated alkanes) is 1. The summed E-state index contributed by atoms with van der Waals surface area (Å²) in [5, 5.41) is 0.266. The van der Waals surface area contributed by atoms with Gasteiger partial charge in [-0.1, -0.05) is 59.8 Å². The molecule has 0 bridgehead atoms. The summed E-state index contributed by atoms with van der Waals surface area (Å²) < 4.78 is 0. The predicted octanol–water partition coefficient (Wildman–Crippen LogP) is 5.03. The zero-order chi connectivity index (χ0) is 14.2. The van der Waals surface area contributed by atoms with Crippen molar-refractivity contribution >= 4 is 16.9 Å². The molecular weight excluding hydrogens is 264 g/mol. The highest BCUT2D eigenvalue weighted by molar-refractivity contribution is 8.13. The minimum atomic E-state index is 0.266. The highest BCUT2D eigenvalue weighted by atomic mass is 32.2. The number of hydrogen-bond acceptors (Lipinski definition) is 2. The summed E-state index contributed by atoms with van der Waals surface area (Å²) in [4.78, 5) is 12.9. The van der Waals surface area contributed by atoms with E-state index in [2.05, 4.69) is 31.2 Å². The van der Waals surface area contributed by atoms with E-state index in [0.29, 0.717) is 6.42 Å². The van der Waals surface area contributed by atoms with Gasteiger partial charge in [0.1, 0.15) is 0 Å². The molecule has 0 amide bonds. The van der Waals surface area contributed by atoms with Crippen molar-refractivity contribution in [3.63, 3.8) is 0 Å². The lowest BCUT2D eigenvalue weighted by molar-refractivity contribution is -0.111. The van der Waals surface area contributed by atoms with Crippen molar-refractivity contribution in [3.8, 4) is 0 Å². The molecule has 1 nitrogen and oxygen atoms in total. The molecule has 0 fully saturated rings. The average Bonchev–Trinajstić information content (AvgIpc) is 2.47. The lowest BCUT2D eigenvalue weighted by atomic mass is 10.1. The van der Waals surface area contributed by atoms with Crippen molar-refractivity contribution in [1.82, 2.24) is 0 Å². The fourth-order valence-corrected chi connectivity index (χ4v) is 2.81. The summed E-state index contributed by atoms with van der Waals surface area (Å²) >= 11 is 1.36. The van der Waals surface area contributed by atoms with E-state index in [1.54, 1.807) is 0 Å². The van der Waals surface area contributed by atoms with E-state index in [4.69, 9.17) is 0 Å². The smallest absolute Gasteiger partial charge is 0.193 e. The highest BCUT2D eigenvalue weighted by Gasteiger charge is 2.04. The topological polar surface area (TPSA) is 17.1 Å². The second-order valence-electron chi connectivity index (χ2n) is 4.98. The molecule has 0 aliphatic heterocycles. The van der Waals surface area contributed by atoms with Gasteiger partial charge in [-0.05, 0) is 43.9 Å². The molecule has 0 aromatic heterocycles. The van der Waals surface area contributed by atoms with Crippen LogP contribution in [0.2, 0.25) is 0 Å². The van der Waals surface area contributed by atoms with E-state index in [1.807, 2.05) is 30.3 Å². The third-order valence-electron chi connectivity index (χ3n) is 3.19. The third kappa shape index (κ3) is 5.22. The van der Waals surface area contributed by atoms with Crippen molar-refractivity contribution in [2.24, 2.45) is 0 Å². The lowest BCUT2D eigenvalue weighted by Gasteiger charge is -2.02. The lowest BCUT2D eigenvalue weighted by Crippen LogP contribution is -1.93. The molecule has 0 N–H and O–H groups in total. The van der Waals surface area contributed by atoms with Gasteiger partial charge in [0.2, 0.25) is 0 Å². The van der Waals surface area contributed by atoms with Crippen LogP contribution in [-0.2, 0) is 11.2 Å². The Morgan fingerprint density at radius 3 is 2.35 bits per heavy atom. The van der Waals surface area contributed by atoms with Crippen LogP contribution in [-0.4, -0.2) is 5.12 Å². The first-order chi connectivity index (χ1) is 9.74. The molecular formula is C18H20OS. The van der Waals surface area contributed by atoms with Crippen LogP contribution in [0.1, 0.15) is 30.4 Å². The number of thioether (sulfide) groups is 1. The van der Waals surface area contributed by atoms with E-state index in [1.165, 1.54) is 22.9 Å². The molecule has 0 spiro atoms. The Morgan fingerprint density at radius 1 is 0.950 bits per heavy atom. The fraction of sp³-hybridized carbons (Fsp3) is 0.278. The predicted molar refractivity (Wildman–Crippen MR) is 86.0 cm³/mol. The molecule has 104 valence electrons.